The molecular weight excluding hydrogens is 442 g/mol. The monoisotopic (exact) mass is 469 g/mol. The van der Waals surface area contributed by atoms with E-state index in [0.29, 0.717) is 22.9 Å². The number of hydrogen-bond acceptors (Lipinski definition) is 3. The predicted molar refractivity (Wildman–Crippen MR) is 131 cm³/mol. The van der Waals surface area contributed by atoms with E-state index >= 15 is 0 Å². The van der Waals surface area contributed by atoms with Gasteiger partial charge in [-0.1, -0.05) is 49.8 Å². The lowest BCUT2D eigenvalue weighted by Gasteiger charge is -2.44. The molecule has 1 unspecified atom stereocenters. The van der Waals surface area contributed by atoms with Crippen LogP contribution in [0.4, 0.5) is 5.69 Å². The maximum Gasteiger partial charge on any atom is 0.275 e. The highest BCUT2D eigenvalue weighted by Crippen LogP contribution is 2.38. The number of amides is 2. The number of nitrogens with zero attached hydrogens (tertiary/aromatic N) is 2. The maximum atomic E-state index is 13.9. The van der Waals surface area contributed by atoms with Crippen LogP contribution in [0.3, 0.4) is 0 Å². The number of fused-ring (bicyclic) bond motifs is 3. The maximum absolute atomic E-state index is 13.9. The summed E-state index contributed by atoms with van der Waals surface area (Å²) in [6.45, 7) is 2.28. The molecule has 1 N–H and O–H groups in total. The van der Waals surface area contributed by atoms with E-state index in [1.54, 1.807) is 28.4 Å². The number of halogens is 1. The van der Waals surface area contributed by atoms with Crippen molar-refractivity contribution in [2.45, 2.75) is 70.0 Å². The van der Waals surface area contributed by atoms with E-state index < -0.39 is 5.54 Å². The number of hydrogen-bond donors (Lipinski definition) is 1. The molecule has 1 aromatic carbocycles. The molecule has 1 fully saturated rings. The first kappa shape index (κ1) is 21.5. The van der Waals surface area contributed by atoms with Crippen molar-refractivity contribution >= 4 is 50.7 Å². The average Bonchev–Trinajstić information content (AvgIpc) is 3.32. The molecule has 3 aromatic rings. The third-order valence-corrected chi connectivity index (χ3v) is 7.99. The molecule has 2 aliphatic rings. The Labute approximate surface area is 197 Å². The molecule has 2 aromatic heterocycles. The molecule has 1 aliphatic heterocycles. The molecule has 168 valence electrons. The van der Waals surface area contributed by atoms with Crippen molar-refractivity contribution < 1.29 is 9.59 Å². The van der Waals surface area contributed by atoms with Crippen LogP contribution in [-0.2, 0) is 11.3 Å². The van der Waals surface area contributed by atoms with Crippen LogP contribution < -0.4 is 10.2 Å². The van der Waals surface area contributed by atoms with E-state index in [4.69, 9.17) is 11.6 Å². The first-order chi connectivity index (χ1) is 15.5. The number of aromatic nitrogens is 1. The van der Waals surface area contributed by atoms with Gasteiger partial charge in [-0.05, 0) is 55.5 Å². The van der Waals surface area contributed by atoms with E-state index in [1.165, 1.54) is 19.3 Å². The largest absolute Gasteiger partial charge is 0.351 e. The van der Waals surface area contributed by atoms with Gasteiger partial charge in [0, 0.05) is 16.8 Å². The smallest absolute Gasteiger partial charge is 0.275 e. The molecule has 0 radical (unpaired) electrons. The molecule has 7 heteroatoms. The summed E-state index contributed by atoms with van der Waals surface area (Å²) >= 11 is 7.89. The summed E-state index contributed by atoms with van der Waals surface area (Å²) in [7, 11) is 0. The van der Waals surface area contributed by atoms with Gasteiger partial charge in [0.05, 0.1) is 16.8 Å². The second-order valence-corrected chi connectivity index (χ2v) is 10.6. The van der Waals surface area contributed by atoms with Gasteiger partial charge < -0.3 is 9.88 Å². The molecule has 1 atom stereocenters. The van der Waals surface area contributed by atoms with Crippen LogP contribution in [-0.4, -0.2) is 28.0 Å². The Balaban J connectivity index is 1.55. The number of benzene rings is 1. The van der Waals surface area contributed by atoms with Gasteiger partial charge in [-0.25, -0.2) is 0 Å². The first-order valence-electron chi connectivity index (χ1n) is 11.5. The van der Waals surface area contributed by atoms with E-state index in [2.05, 4.69) is 5.32 Å². The molecule has 0 saturated heterocycles. The van der Waals surface area contributed by atoms with Gasteiger partial charge in [-0.3, -0.25) is 14.5 Å². The van der Waals surface area contributed by atoms with E-state index in [9.17, 15) is 9.59 Å². The molecule has 3 heterocycles. The third kappa shape index (κ3) is 3.73. The number of anilines is 1. The fourth-order valence-corrected chi connectivity index (χ4v) is 6.18. The Hall–Kier alpha value is -2.31. The fourth-order valence-electron chi connectivity index (χ4n) is 5.17. The van der Waals surface area contributed by atoms with E-state index in [-0.39, 0.29) is 17.9 Å². The Kier molecular flexibility index (Phi) is 5.76. The highest BCUT2D eigenvalue weighted by Gasteiger charge is 2.49. The number of rotatable bonds is 3. The van der Waals surface area contributed by atoms with Crippen LogP contribution in [0.1, 0.15) is 62.4 Å². The van der Waals surface area contributed by atoms with Gasteiger partial charge >= 0.3 is 0 Å². The van der Waals surface area contributed by atoms with Crippen molar-refractivity contribution in [3.8, 4) is 0 Å². The van der Waals surface area contributed by atoms with Gasteiger partial charge in [0.1, 0.15) is 11.2 Å². The Morgan fingerprint density at radius 1 is 1.12 bits per heavy atom. The van der Waals surface area contributed by atoms with Crippen LogP contribution in [0.5, 0.6) is 0 Å². The molecule has 32 heavy (non-hydrogen) atoms. The summed E-state index contributed by atoms with van der Waals surface area (Å²) in [5.74, 6) is -0.267. The standard InChI is InChI=1S/C25H28ClN3O2S/c1-25(24(31)27-18-9-5-3-2-4-6-10-18)16-28-20-12-13-32-22(20)15-21(28)23(30)29(25)19-11-7-8-17(26)14-19/h7-8,11-15,18H,2-6,9-10,16H2,1H3,(H,27,31). The third-order valence-electron chi connectivity index (χ3n) is 6.90. The first-order valence-corrected chi connectivity index (χ1v) is 12.7. The molecule has 1 aliphatic carbocycles. The van der Waals surface area contributed by atoms with Crippen LogP contribution in [0.2, 0.25) is 5.02 Å². The summed E-state index contributed by atoms with van der Waals surface area (Å²) in [5, 5.41) is 5.89. The summed E-state index contributed by atoms with van der Waals surface area (Å²) in [5.41, 5.74) is 1.20. The minimum atomic E-state index is -1.06. The van der Waals surface area contributed by atoms with E-state index in [1.807, 2.05) is 41.1 Å². The molecule has 1 saturated carbocycles. The minimum Gasteiger partial charge on any atom is -0.351 e. The predicted octanol–water partition coefficient (Wildman–Crippen LogP) is 6.00. The highest BCUT2D eigenvalue weighted by molar-refractivity contribution is 7.17. The van der Waals surface area contributed by atoms with Gasteiger partial charge in [0.25, 0.3) is 5.91 Å². The van der Waals surface area contributed by atoms with Crippen molar-refractivity contribution in [1.82, 2.24) is 9.88 Å². The molecule has 0 bridgehead atoms. The van der Waals surface area contributed by atoms with Gasteiger partial charge in [-0.15, -0.1) is 11.3 Å². The van der Waals surface area contributed by atoms with Crippen molar-refractivity contribution in [3.63, 3.8) is 0 Å². The van der Waals surface area contributed by atoms with Crippen LogP contribution in [0.25, 0.3) is 10.2 Å². The summed E-state index contributed by atoms with van der Waals surface area (Å²) in [6, 6.07) is 11.3. The second kappa shape index (κ2) is 8.56. The van der Waals surface area contributed by atoms with Crippen molar-refractivity contribution in [3.05, 3.63) is 52.5 Å². The Morgan fingerprint density at radius 2 is 1.88 bits per heavy atom. The number of nitrogens with one attached hydrogen (secondary N) is 1. The topological polar surface area (TPSA) is 54.3 Å². The summed E-state index contributed by atoms with van der Waals surface area (Å²) in [6.07, 6.45) is 7.99. The van der Waals surface area contributed by atoms with Crippen LogP contribution >= 0.6 is 22.9 Å². The number of carbonyl (C=O) groups is 2. The molecule has 5 nitrogen and oxygen atoms in total. The van der Waals surface area contributed by atoms with Gasteiger partial charge in [-0.2, -0.15) is 0 Å². The lowest BCUT2D eigenvalue weighted by Crippen LogP contribution is -2.65. The van der Waals surface area contributed by atoms with E-state index in [0.717, 1.165) is 35.9 Å². The fraction of sp³-hybridized carbons (Fsp3) is 0.440. The summed E-state index contributed by atoms with van der Waals surface area (Å²) < 4.78 is 3.07. The van der Waals surface area contributed by atoms with Crippen molar-refractivity contribution in [2.75, 3.05) is 4.90 Å². The highest BCUT2D eigenvalue weighted by atomic mass is 35.5. The van der Waals surface area contributed by atoms with Crippen LogP contribution in [0, 0.1) is 0 Å². The summed E-state index contributed by atoms with van der Waals surface area (Å²) in [4.78, 5) is 29.3. The van der Waals surface area contributed by atoms with Gasteiger partial charge in [0.2, 0.25) is 5.91 Å². The zero-order valence-electron chi connectivity index (χ0n) is 18.3. The van der Waals surface area contributed by atoms with Crippen LogP contribution in [0.15, 0.2) is 41.8 Å². The Bertz CT molecular complexity index is 1160. The van der Waals surface area contributed by atoms with Crippen molar-refractivity contribution in [2.24, 2.45) is 0 Å². The zero-order chi connectivity index (χ0) is 22.3. The normalized spacial score (nSPS) is 22.4. The Morgan fingerprint density at radius 3 is 2.62 bits per heavy atom. The average molecular weight is 470 g/mol. The molecule has 2 amide bonds. The molecule has 0 spiro atoms. The minimum absolute atomic E-state index is 0.0980. The molecular formula is C25H28ClN3O2S. The second-order valence-electron chi connectivity index (χ2n) is 9.20. The lowest BCUT2D eigenvalue weighted by atomic mass is 9.91. The zero-order valence-corrected chi connectivity index (χ0v) is 19.8. The molecule has 5 rings (SSSR count). The number of carbonyl (C=O) groups excluding carboxylic acids is 2. The van der Waals surface area contributed by atoms with Gasteiger partial charge in [0.15, 0.2) is 0 Å². The lowest BCUT2D eigenvalue weighted by molar-refractivity contribution is -0.127. The quantitative estimate of drug-likeness (QED) is 0.511. The van der Waals surface area contributed by atoms with Crippen molar-refractivity contribution in [1.29, 1.82) is 0 Å². The SMILES string of the molecule is CC1(C(=O)NC2CCCCCCC2)Cn2c(cc3sccc32)C(=O)N1c1cccc(Cl)c1. The number of thiophene rings is 1.